The van der Waals surface area contributed by atoms with E-state index in [0.29, 0.717) is 5.41 Å². The minimum atomic E-state index is 0.102. The van der Waals surface area contributed by atoms with E-state index in [1.807, 2.05) is 13.8 Å². The highest BCUT2D eigenvalue weighted by Crippen LogP contribution is 2.50. The monoisotopic (exact) mass is 233 g/mol. The SMILES string of the molecule is CC1(C)CC1CN.CCOC([SiH3])OCC. The van der Waals surface area contributed by atoms with Crippen LogP contribution in [0.3, 0.4) is 0 Å². The Morgan fingerprint density at radius 2 is 1.73 bits per heavy atom. The van der Waals surface area contributed by atoms with E-state index in [0.717, 1.165) is 35.9 Å². The van der Waals surface area contributed by atoms with Gasteiger partial charge in [-0.25, -0.2) is 0 Å². The predicted molar refractivity (Wildman–Crippen MR) is 67.9 cm³/mol. The summed E-state index contributed by atoms with van der Waals surface area (Å²) in [5.74, 6) is 0.928. The molecule has 1 saturated carbocycles. The molecule has 1 aliphatic carbocycles. The molecule has 15 heavy (non-hydrogen) atoms. The molecule has 1 aliphatic rings. The summed E-state index contributed by atoms with van der Waals surface area (Å²) < 4.78 is 10.2. The van der Waals surface area contributed by atoms with E-state index < -0.39 is 0 Å². The Labute approximate surface area is 97.1 Å². The number of hydrogen-bond donors (Lipinski definition) is 1. The fourth-order valence-corrected chi connectivity index (χ4v) is 2.16. The van der Waals surface area contributed by atoms with Crippen molar-refractivity contribution in [3.05, 3.63) is 0 Å². The maximum Gasteiger partial charge on any atom is 0.131 e. The van der Waals surface area contributed by atoms with E-state index in [4.69, 9.17) is 15.2 Å². The molecule has 0 aromatic carbocycles. The third-order valence-corrected chi connectivity index (χ3v) is 3.47. The molecule has 2 N–H and O–H groups in total. The first-order chi connectivity index (χ1) is 6.97. The van der Waals surface area contributed by atoms with E-state index in [9.17, 15) is 0 Å². The molecule has 1 unspecified atom stereocenters. The summed E-state index contributed by atoms with van der Waals surface area (Å²) >= 11 is 0. The van der Waals surface area contributed by atoms with Crippen LogP contribution in [0.5, 0.6) is 0 Å². The third kappa shape index (κ3) is 7.06. The molecular weight excluding hydrogens is 206 g/mol. The predicted octanol–water partition coefficient (Wildman–Crippen LogP) is 0.700. The number of hydrogen-bond acceptors (Lipinski definition) is 3. The molecule has 0 aromatic rings. The molecule has 0 heterocycles. The Hall–Kier alpha value is 0.0969. The standard InChI is InChI=1S/C6H13N.C5H14O2Si/c1-6(2)3-5(6)4-7;1-3-6-5(8)7-4-2/h5H,3-4,7H2,1-2H3;5H,3-4H2,1-2,8H3. The van der Waals surface area contributed by atoms with Gasteiger partial charge in [-0.05, 0) is 38.1 Å². The quantitative estimate of drug-likeness (QED) is 0.561. The van der Waals surface area contributed by atoms with Crippen molar-refractivity contribution in [2.75, 3.05) is 19.8 Å². The Morgan fingerprint density at radius 1 is 1.33 bits per heavy atom. The van der Waals surface area contributed by atoms with Crippen LogP contribution >= 0.6 is 0 Å². The van der Waals surface area contributed by atoms with E-state index in [1.54, 1.807) is 0 Å². The van der Waals surface area contributed by atoms with Crippen molar-refractivity contribution >= 4 is 10.2 Å². The van der Waals surface area contributed by atoms with Gasteiger partial charge in [-0.2, -0.15) is 0 Å². The van der Waals surface area contributed by atoms with Crippen LogP contribution in [0.4, 0.5) is 0 Å². The topological polar surface area (TPSA) is 44.5 Å². The van der Waals surface area contributed by atoms with Crippen molar-refractivity contribution in [2.45, 2.75) is 40.0 Å². The molecule has 0 amide bonds. The number of nitrogens with two attached hydrogens (primary N) is 1. The second-order valence-electron chi connectivity index (χ2n) is 4.60. The molecule has 0 spiro atoms. The highest BCUT2D eigenvalue weighted by Gasteiger charge is 2.43. The molecule has 0 aliphatic heterocycles. The number of ether oxygens (including phenoxy) is 2. The van der Waals surface area contributed by atoms with Gasteiger partial charge in [-0.3, -0.25) is 0 Å². The van der Waals surface area contributed by atoms with Gasteiger partial charge in [0.2, 0.25) is 0 Å². The molecule has 4 heteroatoms. The second kappa shape index (κ2) is 7.38. The van der Waals surface area contributed by atoms with Gasteiger partial charge in [0.05, 0.1) is 10.2 Å². The molecule has 0 saturated heterocycles. The minimum Gasteiger partial charge on any atom is -0.358 e. The van der Waals surface area contributed by atoms with Crippen molar-refractivity contribution in [1.29, 1.82) is 0 Å². The van der Waals surface area contributed by atoms with Crippen LogP contribution in [0.15, 0.2) is 0 Å². The van der Waals surface area contributed by atoms with Gasteiger partial charge in [-0.15, -0.1) is 0 Å². The summed E-state index contributed by atoms with van der Waals surface area (Å²) in [4.78, 5) is 0. The normalized spacial score (nSPS) is 22.4. The van der Waals surface area contributed by atoms with Crippen LogP contribution in [-0.2, 0) is 9.47 Å². The summed E-state index contributed by atoms with van der Waals surface area (Å²) in [7, 11) is 0.964. The van der Waals surface area contributed by atoms with Crippen molar-refractivity contribution in [2.24, 2.45) is 17.1 Å². The Kier molecular flexibility index (Phi) is 7.43. The number of rotatable bonds is 5. The molecule has 92 valence electrons. The van der Waals surface area contributed by atoms with Crippen molar-refractivity contribution in [3.63, 3.8) is 0 Å². The van der Waals surface area contributed by atoms with E-state index in [2.05, 4.69) is 13.8 Å². The molecule has 3 nitrogen and oxygen atoms in total. The molecular formula is C11H27NO2Si. The average molecular weight is 233 g/mol. The van der Waals surface area contributed by atoms with Gasteiger partial charge in [-0.1, -0.05) is 13.8 Å². The van der Waals surface area contributed by atoms with Crippen LogP contribution in [0.2, 0.25) is 0 Å². The molecule has 1 atom stereocenters. The minimum absolute atomic E-state index is 0.102. The average Bonchev–Trinajstić information content (AvgIpc) is 2.76. The maximum absolute atomic E-state index is 5.41. The first kappa shape index (κ1) is 15.1. The van der Waals surface area contributed by atoms with Gasteiger partial charge in [0.15, 0.2) is 0 Å². The maximum atomic E-state index is 5.41. The smallest absolute Gasteiger partial charge is 0.131 e. The van der Waals surface area contributed by atoms with E-state index in [-0.39, 0.29) is 5.91 Å². The van der Waals surface area contributed by atoms with Gasteiger partial charge in [0.1, 0.15) is 5.91 Å². The zero-order valence-electron chi connectivity index (χ0n) is 10.9. The summed E-state index contributed by atoms with van der Waals surface area (Å²) in [5.41, 5.74) is 6.00. The van der Waals surface area contributed by atoms with Gasteiger partial charge in [0.25, 0.3) is 0 Å². The Balaban J connectivity index is 0.000000262. The van der Waals surface area contributed by atoms with Crippen molar-refractivity contribution in [1.82, 2.24) is 0 Å². The van der Waals surface area contributed by atoms with Gasteiger partial charge in [0, 0.05) is 13.2 Å². The van der Waals surface area contributed by atoms with Crippen LogP contribution in [0.1, 0.15) is 34.1 Å². The van der Waals surface area contributed by atoms with Crippen molar-refractivity contribution < 1.29 is 9.47 Å². The molecule has 1 rings (SSSR count). The van der Waals surface area contributed by atoms with Crippen molar-refractivity contribution in [3.8, 4) is 0 Å². The molecule has 1 fully saturated rings. The molecule has 0 bridgehead atoms. The summed E-state index contributed by atoms with van der Waals surface area (Å²) in [6.07, 6.45) is 1.34. The zero-order valence-corrected chi connectivity index (χ0v) is 12.9. The lowest BCUT2D eigenvalue weighted by atomic mass is 10.1. The lowest BCUT2D eigenvalue weighted by Gasteiger charge is -2.09. The highest BCUT2D eigenvalue weighted by atomic mass is 28.1. The molecule has 0 radical (unpaired) electrons. The van der Waals surface area contributed by atoms with E-state index in [1.165, 1.54) is 6.42 Å². The lowest BCUT2D eigenvalue weighted by molar-refractivity contribution is -0.0801. The van der Waals surface area contributed by atoms with Gasteiger partial charge < -0.3 is 15.2 Å². The summed E-state index contributed by atoms with van der Waals surface area (Å²) in [6.45, 7) is 10.9. The Morgan fingerprint density at radius 3 is 1.87 bits per heavy atom. The lowest BCUT2D eigenvalue weighted by Crippen LogP contribution is -2.16. The molecule has 0 aromatic heterocycles. The van der Waals surface area contributed by atoms with Crippen LogP contribution in [0, 0.1) is 11.3 Å². The summed E-state index contributed by atoms with van der Waals surface area (Å²) in [5, 5.41) is 0. The first-order valence-corrected chi connectivity index (χ1v) is 7.06. The summed E-state index contributed by atoms with van der Waals surface area (Å²) in [6, 6.07) is 0. The zero-order chi connectivity index (χ0) is 11.9. The Bertz CT molecular complexity index is 159. The fraction of sp³-hybridized carbons (Fsp3) is 1.00. The largest absolute Gasteiger partial charge is 0.358 e. The second-order valence-corrected chi connectivity index (χ2v) is 5.55. The fourth-order valence-electron chi connectivity index (χ4n) is 1.50. The van der Waals surface area contributed by atoms with Crippen LogP contribution in [0.25, 0.3) is 0 Å². The van der Waals surface area contributed by atoms with Gasteiger partial charge >= 0.3 is 0 Å². The third-order valence-electron chi connectivity index (χ3n) is 2.80. The van der Waals surface area contributed by atoms with Crippen LogP contribution < -0.4 is 5.73 Å². The van der Waals surface area contributed by atoms with E-state index >= 15 is 0 Å². The highest BCUT2D eigenvalue weighted by molar-refractivity contribution is 6.09. The van der Waals surface area contributed by atoms with Crippen LogP contribution in [-0.4, -0.2) is 35.9 Å². The first-order valence-electron chi connectivity index (χ1n) is 5.91.